The number of piperidine rings is 1. The van der Waals surface area contributed by atoms with Crippen LogP contribution in [0.3, 0.4) is 0 Å². The fourth-order valence-electron chi connectivity index (χ4n) is 4.52. The molecule has 152 valence electrons. The molecule has 1 aliphatic carbocycles. The van der Waals surface area contributed by atoms with Crippen LogP contribution in [0, 0.1) is 13.8 Å². The van der Waals surface area contributed by atoms with Gasteiger partial charge in [0.15, 0.2) is 0 Å². The van der Waals surface area contributed by atoms with Crippen LogP contribution in [0.25, 0.3) is 0 Å². The van der Waals surface area contributed by atoms with Crippen molar-refractivity contribution >= 4 is 10.0 Å². The predicted molar refractivity (Wildman–Crippen MR) is 107 cm³/mol. The summed E-state index contributed by atoms with van der Waals surface area (Å²) in [5.41, 5.74) is 1.86. The lowest BCUT2D eigenvalue weighted by molar-refractivity contribution is 0.273. The largest absolute Gasteiger partial charge is 0.425 e. The summed E-state index contributed by atoms with van der Waals surface area (Å²) in [6.07, 6.45) is 7.62. The van der Waals surface area contributed by atoms with E-state index in [0.29, 0.717) is 29.8 Å². The maximum absolute atomic E-state index is 13.2. The van der Waals surface area contributed by atoms with E-state index in [-0.39, 0.29) is 5.92 Å². The zero-order valence-electron chi connectivity index (χ0n) is 16.7. The van der Waals surface area contributed by atoms with Crippen molar-refractivity contribution in [1.29, 1.82) is 0 Å². The summed E-state index contributed by atoms with van der Waals surface area (Å²) in [7, 11) is -3.52. The number of hydrogen-bond acceptors (Lipinski definition) is 5. The Hall–Kier alpha value is -1.73. The molecule has 4 rings (SSSR count). The van der Waals surface area contributed by atoms with E-state index < -0.39 is 10.0 Å². The molecule has 0 amide bonds. The van der Waals surface area contributed by atoms with Crippen LogP contribution in [0.1, 0.15) is 79.7 Å². The SMILES string of the molecule is Cc1ccc(S(=O)(=O)N2CCCC(c3nnc(C4CCCCC4)o3)C2)c(C)c1. The summed E-state index contributed by atoms with van der Waals surface area (Å²) >= 11 is 0. The topological polar surface area (TPSA) is 76.3 Å². The van der Waals surface area contributed by atoms with Gasteiger partial charge in [-0.05, 0) is 51.2 Å². The third-order valence-electron chi connectivity index (χ3n) is 6.09. The molecule has 1 aromatic carbocycles. The smallest absolute Gasteiger partial charge is 0.243 e. The van der Waals surface area contributed by atoms with Gasteiger partial charge in [-0.15, -0.1) is 10.2 Å². The van der Waals surface area contributed by atoms with E-state index >= 15 is 0 Å². The fourth-order valence-corrected chi connectivity index (χ4v) is 6.25. The van der Waals surface area contributed by atoms with Crippen LogP contribution in [0.2, 0.25) is 0 Å². The minimum absolute atomic E-state index is 0.0286. The lowest BCUT2D eigenvalue weighted by atomic mass is 9.89. The highest BCUT2D eigenvalue weighted by atomic mass is 32.2. The Morgan fingerprint density at radius 3 is 2.36 bits per heavy atom. The summed E-state index contributed by atoms with van der Waals surface area (Å²) < 4.78 is 34.0. The molecule has 0 radical (unpaired) electrons. The minimum Gasteiger partial charge on any atom is -0.425 e. The van der Waals surface area contributed by atoms with Crippen molar-refractivity contribution in [1.82, 2.24) is 14.5 Å². The van der Waals surface area contributed by atoms with Gasteiger partial charge < -0.3 is 4.42 Å². The average Bonchev–Trinajstić information content (AvgIpc) is 3.19. The van der Waals surface area contributed by atoms with Crippen LogP contribution < -0.4 is 0 Å². The van der Waals surface area contributed by atoms with Gasteiger partial charge in [-0.25, -0.2) is 8.42 Å². The first-order valence-corrected chi connectivity index (χ1v) is 11.8. The van der Waals surface area contributed by atoms with Crippen LogP contribution in [0.4, 0.5) is 0 Å². The molecule has 0 N–H and O–H groups in total. The molecule has 1 saturated carbocycles. The van der Waals surface area contributed by atoms with Gasteiger partial charge in [-0.2, -0.15) is 4.31 Å². The molecule has 1 unspecified atom stereocenters. The Labute approximate surface area is 167 Å². The van der Waals surface area contributed by atoms with Crippen molar-refractivity contribution in [3.63, 3.8) is 0 Å². The highest BCUT2D eigenvalue weighted by Crippen LogP contribution is 2.35. The first-order chi connectivity index (χ1) is 13.4. The van der Waals surface area contributed by atoms with Crippen LogP contribution in [-0.4, -0.2) is 36.0 Å². The number of aryl methyl sites for hydroxylation is 2. The van der Waals surface area contributed by atoms with Gasteiger partial charge in [0, 0.05) is 19.0 Å². The van der Waals surface area contributed by atoms with Crippen LogP contribution in [0.5, 0.6) is 0 Å². The maximum atomic E-state index is 13.2. The molecule has 2 fully saturated rings. The van der Waals surface area contributed by atoms with E-state index in [1.54, 1.807) is 10.4 Å². The highest BCUT2D eigenvalue weighted by Gasteiger charge is 2.34. The van der Waals surface area contributed by atoms with E-state index in [9.17, 15) is 8.42 Å². The lowest BCUT2D eigenvalue weighted by Crippen LogP contribution is -2.39. The second kappa shape index (κ2) is 7.95. The van der Waals surface area contributed by atoms with Gasteiger partial charge in [0.25, 0.3) is 0 Å². The molecule has 2 aromatic rings. The summed E-state index contributed by atoms with van der Waals surface area (Å²) in [6, 6.07) is 5.50. The summed E-state index contributed by atoms with van der Waals surface area (Å²) in [4.78, 5) is 0.396. The van der Waals surface area contributed by atoms with Gasteiger partial charge in [0.05, 0.1) is 10.8 Å². The molecule has 28 heavy (non-hydrogen) atoms. The van der Waals surface area contributed by atoms with E-state index in [0.717, 1.165) is 42.7 Å². The second-order valence-corrected chi connectivity index (χ2v) is 10.2. The van der Waals surface area contributed by atoms with E-state index in [2.05, 4.69) is 10.2 Å². The zero-order valence-corrected chi connectivity index (χ0v) is 17.5. The zero-order chi connectivity index (χ0) is 19.7. The molecule has 1 atom stereocenters. The lowest BCUT2D eigenvalue weighted by Gasteiger charge is -2.30. The fraction of sp³-hybridized carbons (Fsp3) is 0.619. The van der Waals surface area contributed by atoms with Crippen molar-refractivity contribution in [2.75, 3.05) is 13.1 Å². The number of aromatic nitrogens is 2. The van der Waals surface area contributed by atoms with Crippen molar-refractivity contribution in [3.05, 3.63) is 41.1 Å². The normalized spacial score (nSPS) is 22.4. The summed E-state index contributed by atoms with van der Waals surface area (Å²) in [6.45, 7) is 4.77. The maximum Gasteiger partial charge on any atom is 0.243 e. The third-order valence-corrected chi connectivity index (χ3v) is 8.12. The predicted octanol–water partition coefficient (Wildman–Crippen LogP) is 4.30. The molecule has 0 spiro atoms. The Kier molecular flexibility index (Phi) is 5.56. The van der Waals surface area contributed by atoms with Gasteiger partial charge in [0.2, 0.25) is 21.8 Å². The Bertz CT molecular complexity index is 932. The highest BCUT2D eigenvalue weighted by molar-refractivity contribution is 7.89. The molecule has 2 heterocycles. The van der Waals surface area contributed by atoms with Gasteiger partial charge >= 0.3 is 0 Å². The quantitative estimate of drug-likeness (QED) is 0.761. The molecule has 1 saturated heterocycles. The van der Waals surface area contributed by atoms with Crippen LogP contribution in [-0.2, 0) is 10.0 Å². The van der Waals surface area contributed by atoms with E-state index in [4.69, 9.17) is 4.42 Å². The monoisotopic (exact) mass is 403 g/mol. The third kappa shape index (κ3) is 3.87. The molecular formula is C21H29N3O3S. The molecular weight excluding hydrogens is 374 g/mol. The average molecular weight is 404 g/mol. The Morgan fingerprint density at radius 2 is 1.64 bits per heavy atom. The molecule has 0 bridgehead atoms. The van der Waals surface area contributed by atoms with Crippen molar-refractivity contribution in [2.24, 2.45) is 0 Å². The first-order valence-electron chi connectivity index (χ1n) is 10.4. The van der Waals surface area contributed by atoms with Gasteiger partial charge in [-0.1, -0.05) is 37.0 Å². The second-order valence-electron chi connectivity index (χ2n) is 8.28. The summed E-state index contributed by atoms with van der Waals surface area (Å²) in [5.74, 6) is 1.68. The molecule has 2 aliphatic rings. The molecule has 1 aliphatic heterocycles. The standard InChI is InChI=1S/C21H29N3O3S/c1-15-10-11-19(16(2)13-15)28(25,26)24-12-6-9-18(14-24)21-23-22-20(27-21)17-7-4-3-5-8-17/h10-11,13,17-18H,3-9,12,14H2,1-2H3. The van der Waals surface area contributed by atoms with Crippen molar-refractivity contribution in [3.8, 4) is 0 Å². The van der Waals surface area contributed by atoms with E-state index in [1.165, 1.54) is 19.3 Å². The minimum atomic E-state index is -3.52. The van der Waals surface area contributed by atoms with Gasteiger partial charge in [-0.3, -0.25) is 0 Å². The number of nitrogens with zero attached hydrogens (tertiary/aromatic N) is 3. The number of benzene rings is 1. The van der Waals surface area contributed by atoms with Crippen molar-refractivity contribution < 1.29 is 12.8 Å². The number of rotatable bonds is 4. The first kappa shape index (κ1) is 19.6. The van der Waals surface area contributed by atoms with Crippen molar-refractivity contribution in [2.45, 2.75) is 75.5 Å². The Morgan fingerprint density at radius 1 is 0.964 bits per heavy atom. The molecule has 6 nitrogen and oxygen atoms in total. The van der Waals surface area contributed by atoms with Crippen LogP contribution >= 0.6 is 0 Å². The Balaban J connectivity index is 1.52. The summed E-state index contributed by atoms with van der Waals surface area (Å²) in [5, 5.41) is 8.59. The molecule has 7 heteroatoms. The number of sulfonamides is 1. The molecule has 1 aromatic heterocycles. The number of hydrogen-bond donors (Lipinski definition) is 0. The van der Waals surface area contributed by atoms with Crippen LogP contribution in [0.15, 0.2) is 27.5 Å². The van der Waals surface area contributed by atoms with E-state index in [1.807, 2.05) is 26.0 Å². The van der Waals surface area contributed by atoms with Gasteiger partial charge in [0.1, 0.15) is 0 Å².